The minimum Gasteiger partial charge on any atom is -0.459 e. The van der Waals surface area contributed by atoms with Gasteiger partial charge in [-0.05, 0) is 30.7 Å². The standard InChI is InChI=1S/C16H16Cl2N2O3/c1-10(19-15(21)13-7-4-8-23-13)16(22)20(2)9-11-5-3-6-12(17)14(11)18/h3-8,10H,9H2,1-2H3,(H,19,21). The van der Waals surface area contributed by atoms with E-state index in [0.717, 1.165) is 5.56 Å². The van der Waals surface area contributed by atoms with Gasteiger partial charge in [0.25, 0.3) is 5.91 Å². The Bertz CT molecular complexity index is 701. The molecule has 0 aliphatic rings. The van der Waals surface area contributed by atoms with Gasteiger partial charge in [0.1, 0.15) is 6.04 Å². The fourth-order valence-corrected chi connectivity index (χ4v) is 2.45. The van der Waals surface area contributed by atoms with Gasteiger partial charge in [0.2, 0.25) is 5.91 Å². The SMILES string of the molecule is CC(NC(=O)c1ccco1)C(=O)N(C)Cc1cccc(Cl)c1Cl. The third-order valence-corrected chi connectivity index (χ3v) is 4.14. The van der Waals surface area contributed by atoms with E-state index in [9.17, 15) is 9.59 Å². The van der Waals surface area contributed by atoms with Crippen LogP contribution < -0.4 is 5.32 Å². The maximum atomic E-state index is 12.4. The van der Waals surface area contributed by atoms with Gasteiger partial charge in [-0.25, -0.2) is 0 Å². The predicted octanol–water partition coefficient (Wildman–Crippen LogP) is 3.36. The molecule has 0 aliphatic carbocycles. The Labute approximate surface area is 144 Å². The first-order chi connectivity index (χ1) is 10.9. The van der Waals surface area contributed by atoms with Crippen LogP contribution in [0.25, 0.3) is 0 Å². The van der Waals surface area contributed by atoms with Gasteiger partial charge in [-0.15, -0.1) is 0 Å². The summed E-state index contributed by atoms with van der Waals surface area (Å²) in [4.78, 5) is 25.7. The van der Waals surface area contributed by atoms with Gasteiger partial charge in [0, 0.05) is 13.6 Å². The first kappa shape index (κ1) is 17.4. The molecule has 1 aromatic heterocycles. The van der Waals surface area contributed by atoms with Crippen LogP contribution in [-0.4, -0.2) is 29.8 Å². The third-order valence-electron chi connectivity index (χ3n) is 3.28. The number of amides is 2. The molecule has 1 unspecified atom stereocenters. The number of carbonyl (C=O) groups excluding carboxylic acids is 2. The smallest absolute Gasteiger partial charge is 0.287 e. The fourth-order valence-electron chi connectivity index (χ4n) is 2.07. The van der Waals surface area contributed by atoms with Crippen LogP contribution in [-0.2, 0) is 11.3 Å². The first-order valence-electron chi connectivity index (χ1n) is 6.92. The quantitative estimate of drug-likeness (QED) is 0.895. The number of likely N-dealkylation sites (N-methyl/N-ethyl adjacent to an activating group) is 1. The van der Waals surface area contributed by atoms with Gasteiger partial charge in [0.15, 0.2) is 5.76 Å². The molecular weight excluding hydrogens is 339 g/mol. The van der Waals surface area contributed by atoms with E-state index in [4.69, 9.17) is 27.6 Å². The molecule has 7 heteroatoms. The maximum Gasteiger partial charge on any atom is 0.287 e. The average Bonchev–Trinajstić information content (AvgIpc) is 3.05. The highest BCUT2D eigenvalue weighted by molar-refractivity contribution is 6.42. The minimum atomic E-state index is -0.699. The van der Waals surface area contributed by atoms with Crippen LogP contribution in [0.1, 0.15) is 23.0 Å². The van der Waals surface area contributed by atoms with E-state index in [2.05, 4.69) is 5.32 Å². The van der Waals surface area contributed by atoms with E-state index >= 15 is 0 Å². The van der Waals surface area contributed by atoms with Crippen molar-refractivity contribution < 1.29 is 14.0 Å². The molecule has 1 aromatic carbocycles. The fraction of sp³-hybridized carbons (Fsp3) is 0.250. The van der Waals surface area contributed by atoms with Crippen LogP contribution in [0.3, 0.4) is 0 Å². The van der Waals surface area contributed by atoms with Crippen LogP contribution in [0.4, 0.5) is 0 Å². The molecule has 122 valence electrons. The van der Waals surface area contributed by atoms with E-state index in [1.165, 1.54) is 17.2 Å². The largest absolute Gasteiger partial charge is 0.459 e. The summed E-state index contributed by atoms with van der Waals surface area (Å²) in [5.41, 5.74) is 0.736. The van der Waals surface area contributed by atoms with E-state index in [1.807, 2.05) is 0 Å². The number of hydrogen-bond acceptors (Lipinski definition) is 3. The molecule has 0 aliphatic heterocycles. The Morgan fingerprint density at radius 2 is 2.00 bits per heavy atom. The highest BCUT2D eigenvalue weighted by Crippen LogP contribution is 2.26. The molecule has 1 N–H and O–H groups in total. The zero-order valence-electron chi connectivity index (χ0n) is 12.7. The lowest BCUT2D eigenvalue weighted by Gasteiger charge is -2.22. The number of furan rings is 1. The van der Waals surface area contributed by atoms with E-state index in [0.29, 0.717) is 16.6 Å². The van der Waals surface area contributed by atoms with Crippen LogP contribution >= 0.6 is 23.2 Å². The summed E-state index contributed by atoms with van der Waals surface area (Å²) in [6.45, 7) is 1.90. The van der Waals surface area contributed by atoms with Crippen molar-refractivity contribution in [3.05, 3.63) is 58.0 Å². The molecule has 1 heterocycles. The van der Waals surface area contributed by atoms with Gasteiger partial charge in [-0.2, -0.15) is 0 Å². The van der Waals surface area contributed by atoms with Crippen molar-refractivity contribution in [2.45, 2.75) is 19.5 Å². The highest BCUT2D eigenvalue weighted by atomic mass is 35.5. The van der Waals surface area contributed by atoms with Crippen LogP contribution in [0, 0.1) is 0 Å². The van der Waals surface area contributed by atoms with Crippen molar-refractivity contribution in [3.63, 3.8) is 0 Å². The van der Waals surface area contributed by atoms with Gasteiger partial charge < -0.3 is 14.6 Å². The minimum absolute atomic E-state index is 0.158. The summed E-state index contributed by atoms with van der Waals surface area (Å²) in [6.07, 6.45) is 1.40. The zero-order valence-corrected chi connectivity index (χ0v) is 14.2. The molecule has 2 aromatic rings. The van der Waals surface area contributed by atoms with Gasteiger partial charge >= 0.3 is 0 Å². The molecule has 23 heavy (non-hydrogen) atoms. The van der Waals surface area contributed by atoms with E-state index < -0.39 is 11.9 Å². The zero-order chi connectivity index (χ0) is 17.0. The van der Waals surface area contributed by atoms with Crippen molar-refractivity contribution in [1.29, 1.82) is 0 Å². The first-order valence-corrected chi connectivity index (χ1v) is 7.68. The Kier molecular flexibility index (Phi) is 5.69. The Morgan fingerprint density at radius 1 is 1.26 bits per heavy atom. The van der Waals surface area contributed by atoms with Crippen molar-refractivity contribution in [3.8, 4) is 0 Å². The number of halogens is 2. The lowest BCUT2D eigenvalue weighted by molar-refractivity contribution is -0.132. The van der Waals surface area contributed by atoms with Gasteiger partial charge in [0.05, 0.1) is 16.3 Å². The summed E-state index contributed by atoms with van der Waals surface area (Å²) >= 11 is 12.1. The molecular formula is C16H16Cl2N2O3. The van der Waals surface area contributed by atoms with E-state index in [1.54, 1.807) is 38.2 Å². The molecule has 0 fully saturated rings. The molecule has 0 saturated heterocycles. The average molecular weight is 355 g/mol. The molecule has 5 nitrogen and oxygen atoms in total. The van der Waals surface area contributed by atoms with Crippen molar-refractivity contribution in [2.75, 3.05) is 7.05 Å². The van der Waals surface area contributed by atoms with Crippen molar-refractivity contribution in [2.24, 2.45) is 0 Å². The molecule has 0 bridgehead atoms. The second-order valence-corrected chi connectivity index (χ2v) is 5.86. The van der Waals surface area contributed by atoms with E-state index in [-0.39, 0.29) is 11.7 Å². The van der Waals surface area contributed by atoms with Crippen LogP contribution in [0.2, 0.25) is 10.0 Å². The van der Waals surface area contributed by atoms with Crippen LogP contribution in [0.5, 0.6) is 0 Å². The lowest BCUT2D eigenvalue weighted by atomic mass is 10.2. The Hall–Kier alpha value is -1.98. The van der Waals surface area contributed by atoms with Gasteiger partial charge in [-0.1, -0.05) is 35.3 Å². The number of rotatable bonds is 5. The second-order valence-electron chi connectivity index (χ2n) is 5.08. The number of nitrogens with one attached hydrogen (secondary N) is 1. The molecule has 1 atom stereocenters. The molecule has 0 radical (unpaired) electrons. The molecule has 0 spiro atoms. The van der Waals surface area contributed by atoms with Gasteiger partial charge in [-0.3, -0.25) is 9.59 Å². The summed E-state index contributed by atoms with van der Waals surface area (Å²) in [5, 5.41) is 3.44. The Balaban J connectivity index is 1.98. The summed E-state index contributed by atoms with van der Waals surface area (Å²) in [6, 6.07) is 7.68. The normalized spacial score (nSPS) is 11.8. The van der Waals surface area contributed by atoms with Crippen LogP contribution in [0.15, 0.2) is 41.0 Å². The lowest BCUT2D eigenvalue weighted by Crippen LogP contribution is -2.45. The Morgan fingerprint density at radius 3 is 2.65 bits per heavy atom. The number of carbonyl (C=O) groups is 2. The van der Waals surface area contributed by atoms with Crippen molar-refractivity contribution in [1.82, 2.24) is 10.2 Å². The highest BCUT2D eigenvalue weighted by Gasteiger charge is 2.22. The molecule has 2 amide bonds. The number of hydrogen-bond donors (Lipinski definition) is 1. The summed E-state index contributed by atoms with van der Waals surface area (Å²) in [5.74, 6) is -0.531. The monoisotopic (exact) mass is 354 g/mol. The number of nitrogens with zero attached hydrogens (tertiary/aromatic N) is 1. The maximum absolute atomic E-state index is 12.4. The second kappa shape index (κ2) is 7.53. The topological polar surface area (TPSA) is 62.6 Å². The molecule has 2 rings (SSSR count). The number of benzene rings is 1. The summed E-state index contributed by atoms with van der Waals surface area (Å²) < 4.78 is 4.99. The van der Waals surface area contributed by atoms with Crippen molar-refractivity contribution >= 4 is 35.0 Å². The molecule has 0 saturated carbocycles. The predicted molar refractivity (Wildman–Crippen MR) is 88.6 cm³/mol. The third kappa shape index (κ3) is 4.27. The summed E-state index contributed by atoms with van der Waals surface area (Å²) in [7, 11) is 1.63.